The second-order valence-electron chi connectivity index (χ2n) is 2.98. The van der Waals surface area contributed by atoms with Crippen LogP contribution in [0, 0.1) is 0 Å². The molecule has 0 aliphatic heterocycles. The van der Waals surface area contributed by atoms with Gasteiger partial charge in [-0.2, -0.15) is 9.97 Å². The number of anilines is 1. The van der Waals surface area contributed by atoms with Gasteiger partial charge in [-0.25, -0.2) is 4.79 Å². The summed E-state index contributed by atoms with van der Waals surface area (Å²) in [7, 11) is 0. The fourth-order valence-corrected chi connectivity index (χ4v) is 1.21. The van der Waals surface area contributed by atoms with Gasteiger partial charge in [0.2, 0.25) is 5.95 Å². The number of aryl methyl sites for hydroxylation is 1. The van der Waals surface area contributed by atoms with Crippen LogP contribution in [0.2, 0.25) is 0 Å². The Morgan fingerprint density at radius 1 is 1.47 bits per heavy atom. The smallest absolute Gasteiger partial charge is 0.349 e. The lowest BCUT2D eigenvalue weighted by atomic mass is 10.3. The van der Waals surface area contributed by atoms with Gasteiger partial charge in [-0.1, -0.05) is 6.92 Å². The lowest BCUT2D eigenvalue weighted by molar-refractivity contribution is 0.525. The Bertz CT molecular complexity index is 529. The van der Waals surface area contributed by atoms with Crippen molar-refractivity contribution in [3.63, 3.8) is 0 Å². The number of aromatic nitrogens is 3. The second kappa shape index (κ2) is 3.56. The molecule has 2 aromatic heterocycles. The Labute approximate surface area is 85.2 Å². The molecule has 0 aliphatic rings. The van der Waals surface area contributed by atoms with E-state index in [1.54, 1.807) is 6.07 Å². The van der Waals surface area contributed by atoms with E-state index in [0.29, 0.717) is 11.6 Å². The van der Waals surface area contributed by atoms with Crippen LogP contribution in [-0.4, -0.2) is 15.0 Å². The molecule has 2 aromatic rings. The fourth-order valence-electron chi connectivity index (χ4n) is 1.21. The summed E-state index contributed by atoms with van der Waals surface area (Å²) in [5.41, 5.74) is 4.82. The highest BCUT2D eigenvalue weighted by Gasteiger charge is 2.07. The van der Waals surface area contributed by atoms with E-state index in [9.17, 15) is 4.79 Å². The lowest BCUT2D eigenvalue weighted by Crippen LogP contribution is -2.15. The fraction of sp³-hybridized carbons (Fsp3) is 0.222. The third kappa shape index (κ3) is 1.88. The van der Waals surface area contributed by atoms with Crippen molar-refractivity contribution >= 4 is 5.95 Å². The Balaban J connectivity index is 2.48. The summed E-state index contributed by atoms with van der Waals surface area (Å²) in [6.07, 6.45) is 0.783. The highest BCUT2D eigenvalue weighted by Crippen LogP contribution is 2.17. The van der Waals surface area contributed by atoms with Crippen LogP contribution in [0.1, 0.15) is 12.7 Å². The summed E-state index contributed by atoms with van der Waals surface area (Å²) in [6.45, 7) is 1.97. The number of nitrogens with one attached hydrogen (secondary N) is 1. The number of nitrogens with two attached hydrogens (primary N) is 1. The van der Waals surface area contributed by atoms with E-state index in [2.05, 4.69) is 15.0 Å². The van der Waals surface area contributed by atoms with Gasteiger partial charge in [-0.15, -0.1) is 0 Å². The van der Waals surface area contributed by atoms with Crippen molar-refractivity contribution < 1.29 is 4.42 Å². The van der Waals surface area contributed by atoms with Gasteiger partial charge in [0.1, 0.15) is 5.76 Å². The van der Waals surface area contributed by atoms with E-state index < -0.39 is 5.69 Å². The van der Waals surface area contributed by atoms with E-state index in [0.717, 1.165) is 12.2 Å². The second-order valence-corrected chi connectivity index (χ2v) is 2.98. The molecule has 0 spiro atoms. The van der Waals surface area contributed by atoms with Crippen LogP contribution in [0.5, 0.6) is 0 Å². The van der Waals surface area contributed by atoms with Crippen LogP contribution in [0.25, 0.3) is 11.6 Å². The number of hydrogen-bond acceptors (Lipinski definition) is 5. The predicted octanol–water partition coefficient (Wildman–Crippen LogP) is 0.569. The SMILES string of the molecule is CCc1ccc(-c2nc(N)nc(=O)[nH]2)o1. The first-order valence-electron chi connectivity index (χ1n) is 4.52. The number of furan rings is 1. The average Bonchev–Trinajstić information content (AvgIpc) is 2.64. The average molecular weight is 206 g/mol. The minimum Gasteiger partial charge on any atom is -0.458 e. The molecule has 0 bridgehead atoms. The minimum absolute atomic E-state index is 0.0665. The zero-order chi connectivity index (χ0) is 10.8. The van der Waals surface area contributed by atoms with E-state index in [1.807, 2.05) is 13.0 Å². The van der Waals surface area contributed by atoms with Crippen molar-refractivity contribution in [1.29, 1.82) is 0 Å². The van der Waals surface area contributed by atoms with Crippen LogP contribution >= 0.6 is 0 Å². The molecule has 3 N–H and O–H groups in total. The number of H-pyrrole nitrogens is 1. The van der Waals surface area contributed by atoms with Gasteiger partial charge >= 0.3 is 5.69 Å². The monoisotopic (exact) mass is 206 g/mol. The van der Waals surface area contributed by atoms with Crippen molar-refractivity contribution in [3.05, 3.63) is 28.4 Å². The van der Waals surface area contributed by atoms with Crippen LogP contribution in [0.15, 0.2) is 21.3 Å². The Hall–Kier alpha value is -2.11. The number of nitrogen functional groups attached to an aromatic ring is 1. The third-order valence-corrected chi connectivity index (χ3v) is 1.91. The molecule has 2 heterocycles. The van der Waals surface area contributed by atoms with Crippen molar-refractivity contribution in [2.75, 3.05) is 5.73 Å². The predicted molar refractivity (Wildman–Crippen MR) is 54.1 cm³/mol. The molecule has 0 unspecified atom stereocenters. The van der Waals surface area contributed by atoms with Gasteiger partial charge in [-0.05, 0) is 12.1 Å². The molecular weight excluding hydrogens is 196 g/mol. The summed E-state index contributed by atoms with van der Waals surface area (Å²) >= 11 is 0. The molecule has 6 nitrogen and oxygen atoms in total. The molecule has 0 atom stereocenters. The van der Waals surface area contributed by atoms with Crippen molar-refractivity contribution in [2.24, 2.45) is 0 Å². The standard InChI is InChI=1S/C9H10N4O2/c1-2-5-3-4-6(15-5)7-11-8(10)13-9(14)12-7/h3-4H,2H2,1H3,(H3,10,11,12,13,14). The van der Waals surface area contributed by atoms with Gasteiger partial charge in [0.15, 0.2) is 11.6 Å². The first-order chi connectivity index (χ1) is 7.19. The van der Waals surface area contributed by atoms with Gasteiger partial charge in [0.25, 0.3) is 0 Å². The van der Waals surface area contributed by atoms with Gasteiger partial charge in [0.05, 0.1) is 0 Å². The van der Waals surface area contributed by atoms with E-state index in [1.165, 1.54) is 0 Å². The highest BCUT2D eigenvalue weighted by atomic mass is 16.3. The van der Waals surface area contributed by atoms with Crippen LogP contribution in [0.3, 0.4) is 0 Å². The first kappa shape index (κ1) is 9.45. The summed E-state index contributed by atoms with van der Waals surface area (Å²) in [4.78, 5) is 20.8. The molecule has 0 radical (unpaired) electrons. The molecule has 0 aromatic carbocycles. The summed E-state index contributed by atoms with van der Waals surface area (Å²) in [5.74, 6) is 1.54. The van der Waals surface area contributed by atoms with Crippen LogP contribution in [-0.2, 0) is 6.42 Å². The molecule has 0 saturated heterocycles. The van der Waals surface area contributed by atoms with E-state index in [-0.39, 0.29) is 5.95 Å². The largest absolute Gasteiger partial charge is 0.458 e. The van der Waals surface area contributed by atoms with Crippen molar-refractivity contribution in [3.8, 4) is 11.6 Å². The normalized spacial score (nSPS) is 10.5. The molecular formula is C9H10N4O2. The topological polar surface area (TPSA) is 97.8 Å². The Morgan fingerprint density at radius 2 is 2.27 bits per heavy atom. The molecule has 0 aliphatic carbocycles. The number of rotatable bonds is 2. The van der Waals surface area contributed by atoms with E-state index in [4.69, 9.17) is 10.2 Å². The maximum Gasteiger partial charge on any atom is 0.349 e. The van der Waals surface area contributed by atoms with Gasteiger partial charge in [0, 0.05) is 6.42 Å². The maximum atomic E-state index is 11.0. The van der Waals surface area contributed by atoms with Gasteiger partial charge in [-0.3, -0.25) is 4.98 Å². The van der Waals surface area contributed by atoms with Crippen molar-refractivity contribution in [1.82, 2.24) is 15.0 Å². The zero-order valence-corrected chi connectivity index (χ0v) is 8.15. The molecule has 78 valence electrons. The molecule has 0 fully saturated rings. The van der Waals surface area contributed by atoms with Gasteiger partial charge < -0.3 is 10.2 Å². The Morgan fingerprint density at radius 3 is 2.87 bits per heavy atom. The zero-order valence-electron chi connectivity index (χ0n) is 8.15. The third-order valence-electron chi connectivity index (χ3n) is 1.91. The molecule has 6 heteroatoms. The summed E-state index contributed by atoms with van der Waals surface area (Å²) < 4.78 is 5.41. The molecule has 2 rings (SSSR count). The number of hydrogen-bond donors (Lipinski definition) is 2. The van der Waals surface area contributed by atoms with Crippen LogP contribution in [0.4, 0.5) is 5.95 Å². The molecule has 0 amide bonds. The Kier molecular flexibility index (Phi) is 2.24. The van der Waals surface area contributed by atoms with E-state index >= 15 is 0 Å². The number of nitrogens with zero attached hydrogens (tertiary/aromatic N) is 2. The minimum atomic E-state index is -0.535. The summed E-state index contributed by atoms with van der Waals surface area (Å²) in [5, 5.41) is 0. The van der Waals surface area contributed by atoms with Crippen molar-refractivity contribution in [2.45, 2.75) is 13.3 Å². The van der Waals surface area contributed by atoms with Crippen LogP contribution < -0.4 is 11.4 Å². The maximum absolute atomic E-state index is 11.0. The summed E-state index contributed by atoms with van der Waals surface area (Å²) in [6, 6.07) is 3.56. The molecule has 0 saturated carbocycles. The molecule has 15 heavy (non-hydrogen) atoms. The lowest BCUT2D eigenvalue weighted by Gasteiger charge is -1.96. The first-order valence-corrected chi connectivity index (χ1v) is 4.52. The number of aromatic amines is 1. The highest BCUT2D eigenvalue weighted by molar-refractivity contribution is 5.47. The quantitative estimate of drug-likeness (QED) is 0.748.